The van der Waals surface area contributed by atoms with Gasteiger partial charge in [0.1, 0.15) is 11.3 Å². The Bertz CT molecular complexity index is 885. The Morgan fingerprint density at radius 1 is 0.964 bits per heavy atom. The maximum absolute atomic E-state index is 12.6. The first-order valence-corrected chi connectivity index (χ1v) is 9.22. The lowest BCUT2D eigenvalue weighted by molar-refractivity contribution is -0.125. The number of phenolic OH excluding ortho intramolecular Hbond substituents is 1. The van der Waals surface area contributed by atoms with Crippen LogP contribution in [0, 0.1) is 0 Å². The van der Waals surface area contributed by atoms with Gasteiger partial charge in [0, 0.05) is 31.3 Å². The van der Waals surface area contributed by atoms with E-state index in [-0.39, 0.29) is 5.75 Å². The molecule has 0 saturated heterocycles. The molecule has 2 aromatic heterocycles. The SMILES string of the molecule is NC(=O)C(CCc1cccnc1)(NCCc1ccncc1)c1ccc(O)cc1. The zero-order chi connectivity index (χ0) is 19.8. The lowest BCUT2D eigenvalue weighted by Gasteiger charge is -2.33. The van der Waals surface area contributed by atoms with Crippen molar-refractivity contribution in [3.05, 3.63) is 90.0 Å². The van der Waals surface area contributed by atoms with Crippen LogP contribution in [0.3, 0.4) is 0 Å². The van der Waals surface area contributed by atoms with Crippen LogP contribution in [-0.4, -0.2) is 27.5 Å². The number of carbonyl (C=O) groups is 1. The van der Waals surface area contributed by atoms with Crippen LogP contribution >= 0.6 is 0 Å². The third kappa shape index (κ3) is 4.72. The zero-order valence-corrected chi connectivity index (χ0v) is 15.6. The molecule has 2 heterocycles. The summed E-state index contributed by atoms with van der Waals surface area (Å²) < 4.78 is 0. The number of aromatic hydroxyl groups is 1. The second-order valence-electron chi connectivity index (χ2n) is 6.71. The first-order valence-electron chi connectivity index (χ1n) is 9.22. The summed E-state index contributed by atoms with van der Waals surface area (Å²) in [6.45, 7) is 0.570. The number of nitrogens with zero attached hydrogens (tertiary/aromatic N) is 2. The molecule has 144 valence electrons. The van der Waals surface area contributed by atoms with E-state index in [1.165, 1.54) is 0 Å². The van der Waals surface area contributed by atoms with Crippen molar-refractivity contribution in [1.82, 2.24) is 15.3 Å². The molecule has 0 aliphatic rings. The quantitative estimate of drug-likeness (QED) is 0.532. The highest BCUT2D eigenvalue weighted by molar-refractivity contribution is 5.86. The van der Waals surface area contributed by atoms with Gasteiger partial charge >= 0.3 is 0 Å². The summed E-state index contributed by atoms with van der Waals surface area (Å²) >= 11 is 0. The van der Waals surface area contributed by atoms with Crippen LogP contribution in [0.25, 0.3) is 0 Å². The highest BCUT2D eigenvalue weighted by Crippen LogP contribution is 2.28. The second-order valence-corrected chi connectivity index (χ2v) is 6.71. The van der Waals surface area contributed by atoms with Crippen LogP contribution in [0.2, 0.25) is 0 Å². The van der Waals surface area contributed by atoms with Gasteiger partial charge < -0.3 is 10.8 Å². The Hall–Kier alpha value is -3.25. The fourth-order valence-electron chi connectivity index (χ4n) is 3.28. The summed E-state index contributed by atoms with van der Waals surface area (Å²) in [5, 5.41) is 13.0. The van der Waals surface area contributed by atoms with Gasteiger partial charge in [0.15, 0.2) is 0 Å². The Morgan fingerprint density at radius 2 is 1.71 bits per heavy atom. The lowest BCUT2D eigenvalue weighted by Crippen LogP contribution is -2.53. The van der Waals surface area contributed by atoms with E-state index < -0.39 is 11.4 Å². The van der Waals surface area contributed by atoms with E-state index in [9.17, 15) is 9.90 Å². The lowest BCUT2D eigenvalue weighted by atomic mass is 9.83. The third-order valence-electron chi connectivity index (χ3n) is 4.88. The molecule has 28 heavy (non-hydrogen) atoms. The topological polar surface area (TPSA) is 101 Å². The van der Waals surface area contributed by atoms with Gasteiger partial charge in [0.2, 0.25) is 5.91 Å². The maximum atomic E-state index is 12.6. The largest absolute Gasteiger partial charge is 0.508 e. The number of amides is 1. The van der Waals surface area contributed by atoms with Crippen molar-refractivity contribution in [2.75, 3.05) is 6.54 Å². The van der Waals surface area contributed by atoms with Gasteiger partial charge in [0.25, 0.3) is 0 Å². The van der Waals surface area contributed by atoms with Crippen molar-refractivity contribution in [3.63, 3.8) is 0 Å². The third-order valence-corrected chi connectivity index (χ3v) is 4.88. The number of carbonyl (C=O) groups excluding carboxylic acids is 1. The van der Waals surface area contributed by atoms with Crippen LogP contribution in [0.1, 0.15) is 23.1 Å². The molecule has 0 bridgehead atoms. The first-order chi connectivity index (χ1) is 13.6. The average Bonchev–Trinajstić information content (AvgIpc) is 2.72. The second kappa shape index (κ2) is 9.10. The number of pyridine rings is 2. The van der Waals surface area contributed by atoms with Gasteiger partial charge in [0.05, 0.1) is 0 Å². The van der Waals surface area contributed by atoms with E-state index in [0.29, 0.717) is 19.4 Å². The van der Waals surface area contributed by atoms with Gasteiger partial charge in [-0.1, -0.05) is 18.2 Å². The molecule has 0 saturated carbocycles. The molecule has 4 N–H and O–H groups in total. The van der Waals surface area contributed by atoms with E-state index >= 15 is 0 Å². The van der Waals surface area contributed by atoms with Crippen LogP contribution in [0.15, 0.2) is 73.3 Å². The van der Waals surface area contributed by atoms with Gasteiger partial charge in [-0.2, -0.15) is 0 Å². The van der Waals surface area contributed by atoms with Crippen LogP contribution in [0.5, 0.6) is 5.75 Å². The van der Waals surface area contributed by atoms with Crippen molar-refractivity contribution < 1.29 is 9.90 Å². The Morgan fingerprint density at radius 3 is 2.36 bits per heavy atom. The molecule has 6 heteroatoms. The predicted molar refractivity (Wildman–Crippen MR) is 107 cm³/mol. The monoisotopic (exact) mass is 376 g/mol. The highest BCUT2D eigenvalue weighted by Gasteiger charge is 2.37. The molecule has 3 rings (SSSR count). The van der Waals surface area contributed by atoms with E-state index in [4.69, 9.17) is 5.73 Å². The summed E-state index contributed by atoms with van der Waals surface area (Å²) in [6.07, 6.45) is 8.87. The fraction of sp³-hybridized carbons (Fsp3) is 0.227. The molecular formula is C22H24N4O2. The minimum atomic E-state index is -1.05. The summed E-state index contributed by atoms with van der Waals surface area (Å²) in [5.74, 6) is -0.303. The summed E-state index contributed by atoms with van der Waals surface area (Å²) in [5.41, 5.74) is 7.74. The zero-order valence-electron chi connectivity index (χ0n) is 15.6. The van der Waals surface area contributed by atoms with E-state index in [0.717, 1.165) is 23.1 Å². The average molecular weight is 376 g/mol. The number of rotatable bonds is 9. The molecule has 0 radical (unpaired) electrons. The highest BCUT2D eigenvalue weighted by atomic mass is 16.3. The van der Waals surface area contributed by atoms with E-state index in [2.05, 4.69) is 15.3 Å². The van der Waals surface area contributed by atoms with Gasteiger partial charge in [-0.25, -0.2) is 0 Å². The number of nitrogens with two attached hydrogens (primary N) is 1. The van der Waals surface area contributed by atoms with Gasteiger partial charge in [-0.15, -0.1) is 0 Å². The van der Waals surface area contributed by atoms with Crippen LogP contribution in [-0.2, 0) is 23.2 Å². The number of hydrogen-bond acceptors (Lipinski definition) is 5. The van der Waals surface area contributed by atoms with Crippen molar-refractivity contribution in [3.8, 4) is 5.75 Å². The molecule has 0 spiro atoms. The van der Waals surface area contributed by atoms with Crippen molar-refractivity contribution in [2.24, 2.45) is 5.73 Å². The Labute approximate surface area is 164 Å². The van der Waals surface area contributed by atoms with Crippen molar-refractivity contribution in [1.29, 1.82) is 0 Å². The van der Waals surface area contributed by atoms with Crippen molar-refractivity contribution in [2.45, 2.75) is 24.8 Å². The molecule has 1 amide bonds. The van der Waals surface area contributed by atoms with E-state index in [1.807, 2.05) is 24.3 Å². The molecule has 0 aliphatic heterocycles. The molecule has 0 aliphatic carbocycles. The minimum Gasteiger partial charge on any atom is -0.508 e. The van der Waals surface area contributed by atoms with Crippen molar-refractivity contribution >= 4 is 5.91 Å². The number of primary amides is 1. The number of phenols is 1. The molecule has 1 atom stereocenters. The maximum Gasteiger partial charge on any atom is 0.242 e. The number of nitrogens with one attached hydrogen (secondary N) is 1. The van der Waals surface area contributed by atoms with Crippen LogP contribution in [0.4, 0.5) is 0 Å². The molecule has 0 fully saturated rings. The smallest absolute Gasteiger partial charge is 0.242 e. The van der Waals surface area contributed by atoms with Crippen LogP contribution < -0.4 is 11.1 Å². The summed E-state index contributed by atoms with van der Waals surface area (Å²) in [7, 11) is 0. The number of aromatic nitrogens is 2. The molecular weight excluding hydrogens is 352 g/mol. The van der Waals surface area contributed by atoms with E-state index in [1.54, 1.807) is 49.1 Å². The minimum absolute atomic E-state index is 0.145. The fourth-order valence-corrected chi connectivity index (χ4v) is 3.28. The molecule has 1 aromatic carbocycles. The molecule has 6 nitrogen and oxygen atoms in total. The predicted octanol–water partition coefficient (Wildman–Crippen LogP) is 2.33. The Kier molecular flexibility index (Phi) is 6.34. The number of benzene rings is 1. The first kappa shape index (κ1) is 19.5. The van der Waals surface area contributed by atoms with Gasteiger partial charge in [-0.3, -0.25) is 20.1 Å². The van der Waals surface area contributed by atoms with Gasteiger partial charge in [-0.05, 0) is 66.3 Å². The molecule has 1 unspecified atom stereocenters. The summed E-state index contributed by atoms with van der Waals surface area (Å²) in [4.78, 5) is 20.8. The number of aryl methyl sites for hydroxylation is 1. The summed E-state index contributed by atoms with van der Waals surface area (Å²) in [6, 6.07) is 14.4. The standard InChI is InChI=1S/C22H24N4O2/c23-21(28)22(19-3-5-20(27)6-4-19,11-7-18-2-1-12-25-16-18)26-15-10-17-8-13-24-14-9-17/h1-6,8-9,12-14,16,26-27H,7,10-11,15H2,(H2,23,28). The normalized spacial score (nSPS) is 13.0. The Balaban J connectivity index is 1.83. The molecule has 3 aromatic rings. The number of hydrogen-bond donors (Lipinski definition) is 3.